The Kier molecular flexibility index (Phi) is 14.2. The highest BCUT2D eigenvalue weighted by Gasteiger charge is 2.41. The summed E-state index contributed by atoms with van der Waals surface area (Å²) in [5.74, 6) is -8.27. The molecule has 2 fully saturated rings. The number of carboxylic acids is 3. The number of carboxylic acid groups (broad SMARTS) is 3. The number of pyridine rings is 1. The van der Waals surface area contributed by atoms with Gasteiger partial charge in [0.2, 0.25) is 0 Å². The van der Waals surface area contributed by atoms with Crippen molar-refractivity contribution in [2.24, 2.45) is 12.5 Å². The average Bonchev–Trinajstić information content (AvgIpc) is 3.51. The van der Waals surface area contributed by atoms with Crippen molar-refractivity contribution in [3.8, 4) is 0 Å². The maximum absolute atomic E-state index is 10.6. The lowest BCUT2D eigenvalue weighted by Crippen LogP contribution is -2.41. The molecule has 0 aromatic carbocycles. The van der Waals surface area contributed by atoms with Gasteiger partial charge < -0.3 is 15.3 Å². The molecule has 0 atom stereocenters. The second-order valence-corrected chi connectivity index (χ2v) is 10.0. The molecule has 2 aliphatic rings. The summed E-state index contributed by atoms with van der Waals surface area (Å²) in [4.78, 5) is 36.1. The van der Waals surface area contributed by atoms with Gasteiger partial charge in [0.1, 0.15) is 0 Å². The molecule has 0 radical (unpaired) electrons. The highest BCUT2D eigenvalue weighted by atomic mass is 19.4. The molecule has 0 unspecified atom stereocenters. The summed E-state index contributed by atoms with van der Waals surface area (Å²) in [6.45, 7) is 7.02. The van der Waals surface area contributed by atoms with E-state index < -0.39 is 36.4 Å². The zero-order valence-corrected chi connectivity index (χ0v) is 23.5. The minimum atomic E-state index is -5.08. The number of aryl methyl sites for hydroxylation is 1. The molecule has 20 heteroatoms. The molecule has 1 spiro atoms. The molecule has 2 aromatic rings. The molecule has 2 saturated heterocycles. The molecule has 45 heavy (non-hydrogen) atoms. The summed E-state index contributed by atoms with van der Waals surface area (Å²) in [5, 5.41) is 25.7. The maximum Gasteiger partial charge on any atom is 0.490 e. The molecule has 0 bridgehead atoms. The van der Waals surface area contributed by atoms with Gasteiger partial charge in [-0.2, -0.15) is 44.6 Å². The third kappa shape index (κ3) is 15.1. The van der Waals surface area contributed by atoms with E-state index in [9.17, 15) is 39.5 Å². The van der Waals surface area contributed by atoms with Crippen LogP contribution in [0.15, 0.2) is 36.9 Å². The summed E-state index contributed by atoms with van der Waals surface area (Å²) < 4.78 is 97.1. The van der Waals surface area contributed by atoms with E-state index in [1.807, 2.05) is 36.4 Å². The number of hydrogen-bond donors (Lipinski definition) is 3. The van der Waals surface area contributed by atoms with Crippen molar-refractivity contribution in [1.29, 1.82) is 0 Å². The average molecular weight is 668 g/mol. The molecule has 3 N–H and O–H groups in total. The lowest BCUT2D eigenvalue weighted by molar-refractivity contribution is -0.193. The van der Waals surface area contributed by atoms with E-state index in [-0.39, 0.29) is 0 Å². The number of halogens is 9. The molecular formula is C25H30F9N5O6. The first kappa shape index (κ1) is 39.1. The van der Waals surface area contributed by atoms with Crippen molar-refractivity contribution >= 4 is 17.9 Å². The van der Waals surface area contributed by atoms with Crippen LogP contribution in [-0.4, -0.2) is 102 Å². The van der Waals surface area contributed by atoms with Crippen molar-refractivity contribution in [3.05, 3.63) is 48.0 Å². The SMILES string of the molecule is Cn1cc(CN2CCC3(CC2)CCN(Cc2cccnc2)C3)cn1.O=C(O)C(F)(F)F.O=C(O)C(F)(F)F.O=C(O)C(F)(F)F. The number of hydrogen-bond acceptors (Lipinski definition) is 7. The summed E-state index contributed by atoms with van der Waals surface area (Å²) in [7, 11) is 1.99. The van der Waals surface area contributed by atoms with Gasteiger partial charge in [0.05, 0.1) is 6.20 Å². The van der Waals surface area contributed by atoms with Crippen LogP contribution in [0.25, 0.3) is 0 Å². The molecule has 2 aromatic heterocycles. The van der Waals surface area contributed by atoms with Crippen LogP contribution in [0.1, 0.15) is 30.4 Å². The van der Waals surface area contributed by atoms with Crippen LogP contribution in [0.4, 0.5) is 39.5 Å². The Bertz CT molecular complexity index is 1170. The van der Waals surface area contributed by atoms with E-state index in [0.717, 1.165) is 13.1 Å². The van der Waals surface area contributed by atoms with Crippen LogP contribution in [-0.2, 0) is 34.5 Å². The van der Waals surface area contributed by atoms with Gasteiger partial charge in [-0.1, -0.05) is 6.07 Å². The van der Waals surface area contributed by atoms with Crippen LogP contribution in [0.5, 0.6) is 0 Å². The number of alkyl halides is 9. The number of aromatic nitrogens is 3. The topological polar surface area (TPSA) is 149 Å². The molecular weight excluding hydrogens is 637 g/mol. The molecule has 2 aliphatic heterocycles. The van der Waals surface area contributed by atoms with Crippen LogP contribution in [0.3, 0.4) is 0 Å². The number of aliphatic carboxylic acids is 3. The Hall–Kier alpha value is -3.94. The van der Waals surface area contributed by atoms with E-state index in [2.05, 4.69) is 32.1 Å². The first-order chi connectivity index (χ1) is 20.5. The fourth-order valence-electron chi connectivity index (χ4n) is 4.32. The number of rotatable bonds is 4. The smallest absolute Gasteiger partial charge is 0.475 e. The predicted molar refractivity (Wildman–Crippen MR) is 135 cm³/mol. The van der Waals surface area contributed by atoms with Crippen LogP contribution < -0.4 is 0 Å². The van der Waals surface area contributed by atoms with E-state index in [1.165, 1.54) is 56.6 Å². The van der Waals surface area contributed by atoms with E-state index in [1.54, 1.807) is 0 Å². The Morgan fingerprint density at radius 3 is 1.53 bits per heavy atom. The van der Waals surface area contributed by atoms with Crippen molar-refractivity contribution in [3.63, 3.8) is 0 Å². The monoisotopic (exact) mass is 667 g/mol. The fraction of sp³-hybridized carbons (Fsp3) is 0.560. The minimum Gasteiger partial charge on any atom is -0.475 e. The fourth-order valence-corrected chi connectivity index (χ4v) is 4.32. The molecule has 4 heterocycles. The molecule has 254 valence electrons. The van der Waals surface area contributed by atoms with Gasteiger partial charge in [-0.15, -0.1) is 0 Å². The van der Waals surface area contributed by atoms with Crippen molar-refractivity contribution in [1.82, 2.24) is 24.6 Å². The van der Waals surface area contributed by atoms with Gasteiger partial charge in [-0.3, -0.25) is 19.5 Å². The number of piperidine rings is 1. The Morgan fingerprint density at radius 2 is 1.18 bits per heavy atom. The van der Waals surface area contributed by atoms with Gasteiger partial charge >= 0.3 is 36.4 Å². The highest BCUT2D eigenvalue weighted by Crippen LogP contribution is 2.41. The maximum atomic E-state index is 10.6. The first-order valence-corrected chi connectivity index (χ1v) is 12.8. The quantitative estimate of drug-likeness (QED) is 0.405. The van der Waals surface area contributed by atoms with E-state index >= 15 is 0 Å². The minimum absolute atomic E-state index is 0.549. The Labute approximate surface area is 249 Å². The first-order valence-electron chi connectivity index (χ1n) is 12.8. The second kappa shape index (κ2) is 16.4. The summed E-state index contributed by atoms with van der Waals surface area (Å²) >= 11 is 0. The summed E-state index contributed by atoms with van der Waals surface area (Å²) in [5.41, 5.74) is 3.22. The molecule has 0 aliphatic carbocycles. The van der Waals surface area contributed by atoms with Crippen molar-refractivity contribution in [2.45, 2.75) is 50.9 Å². The van der Waals surface area contributed by atoms with Crippen molar-refractivity contribution in [2.75, 3.05) is 26.2 Å². The van der Waals surface area contributed by atoms with Crippen LogP contribution >= 0.6 is 0 Å². The van der Waals surface area contributed by atoms with Gasteiger partial charge in [0.25, 0.3) is 0 Å². The van der Waals surface area contributed by atoms with E-state index in [0.29, 0.717) is 5.41 Å². The number of carbonyl (C=O) groups is 3. The third-order valence-corrected chi connectivity index (χ3v) is 6.46. The molecule has 4 rings (SSSR count). The van der Waals surface area contributed by atoms with Gasteiger partial charge in [-0.25, -0.2) is 14.4 Å². The Balaban J connectivity index is 0.000000396. The standard InChI is InChI=1S/C19H27N5.3C2HF3O2/c1-22-13-18(12-21-22)15-23-8-4-19(5-9-23)6-10-24(16-19)14-17-3-2-7-20-11-17;3*3-2(4,5)1(6)7/h2-3,7,11-13H,4-6,8-10,14-16H2,1H3;3*(H,6,7). The van der Waals surface area contributed by atoms with Crippen LogP contribution in [0, 0.1) is 5.41 Å². The van der Waals surface area contributed by atoms with Gasteiger partial charge in [0, 0.05) is 50.8 Å². The Morgan fingerprint density at radius 1 is 0.756 bits per heavy atom. The largest absolute Gasteiger partial charge is 0.490 e. The lowest BCUT2D eigenvalue weighted by atomic mass is 9.77. The zero-order chi connectivity index (χ0) is 34.6. The van der Waals surface area contributed by atoms with Crippen LogP contribution in [0.2, 0.25) is 0 Å². The molecule has 0 saturated carbocycles. The summed E-state index contributed by atoms with van der Waals surface area (Å²) in [6.07, 6.45) is -3.25. The highest BCUT2D eigenvalue weighted by molar-refractivity contribution is 5.73. The predicted octanol–water partition coefficient (Wildman–Crippen LogP) is 4.20. The van der Waals surface area contributed by atoms with E-state index in [4.69, 9.17) is 29.7 Å². The zero-order valence-electron chi connectivity index (χ0n) is 23.5. The third-order valence-electron chi connectivity index (χ3n) is 6.46. The number of likely N-dealkylation sites (tertiary alicyclic amines) is 2. The van der Waals surface area contributed by atoms with Gasteiger partial charge in [-0.05, 0) is 55.9 Å². The lowest BCUT2D eigenvalue weighted by Gasteiger charge is -2.39. The van der Waals surface area contributed by atoms with Gasteiger partial charge in [0.15, 0.2) is 0 Å². The van der Waals surface area contributed by atoms with Crippen molar-refractivity contribution < 1.29 is 69.2 Å². The number of nitrogens with zero attached hydrogens (tertiary/aromatic N) is 5. The second-order valence-electron chi connectivity index (χ2n) is 10.0. The molecule has 11 nitrogen and oxygen atoms in total. The normalized spacial score (nSPS) is 16.8. The molecule has 0 amide bonds. The summed E-state index contributed by atoms with van der Waals surface area (Å²) in [6, 6.07) is 4.23.